The van der Waals surface area contributed by atoms with Crippen molar-refractivity contribution in [2.75, 3.05) is 33.3 Å². The molecule has 2 N–H and O–H groups in total. The molecule has 4 nitrogen and oxygen atoms in total. The quantitative estimate of drug-likeness (QED) is 0.812. The van der Waals surface area contributed by atoms with Gasteiger partial charge in [-0.3, -0.25) is 4.90 Å². The van der Waals surface area contributed by atoms with Gasteiger partial charge >= 0.3 is 0 Å². The third-order valence-corrected chi connectivity index (χ3v) is 5.25. The van der Waals surface area contributed by atoms with E-state index in [1.165, 1.54) is 38.5 Å². The maximum atomic E-state index is 14.1. The monoisotopic (exact) mass is 394 g/mol. The molecule has 1 aromatic carbocycles. The second-order valence-corrected chi connectivity index (χ2v) is 6.67. The Morgan fingerprint density at radius 1 is 1.16 bits per heavy atom. The van der Waals surface area contributed by atoms with E-state index in [2.05, 4.69) is 10.2 Å². The lowest BCUT2D eigenvalue weighted by Crippen LogP contribution is -2.47. The van der Waals surface area contributed by atoms with Crippen molar-refractivity contribution in [3.8, 4) is 11.5 Å². The molecule has 25 heavy (non-hydrogen) atoms. The number of hydrogen-bond donors (Lipinski definition) is 2. The molecule has 0 spiro atoms. The molecule has 0 bridgehead atoms. The number of halogens is 3. The van der Waals surface area contributed by atoms with E-state index in [0.29, 0.717) is 11.5 Å². The molecule has 1 heterocycles. The van der Waals surface area contributed by atoms with Crippen LogP contribution in [0.1, 0.15) is 43.7 Å². The molecule has 0 amide bonds. The van der Waals surface area contributed by atoms with Crippen molar-refractivity contribution >= 4 is 24.8 Å². The van der Waals surface area contributed by atoms with Crippen LogP contribution in [0.4, 0.5) is 4.39 Å². The predicted octanol–water partition coefficient (Wildman–Crippen LogP) is 3.91. The Labute approximate surface area is 161 Å². The highest BCUT2D eigenvalue weighted by Gasteiger charge is 2.33. The Balaban J connectivity index is 0.00000156. The molecule has 0 unspecified atom stereocenters. The van der Waals surface area contributed by atoms with Crippen molar-refractivity contribution in [1.82, 2.24) is 10.2 Å². The van der Waals surface area contributed by atoms with Crippen molar-refractivity contribution in [2.24, 2.45) is 5.92 Å². The number of aromatic hydroxyl groups is 1. The average molecular weight is 395 g/mol. The van der Waals surface area contributed by atoms with Gasteiger partial charge in [-0.1, -0.05) is 19.3 Å². The number of piperazine rings is 1. The van der Waals surface area contributed by atoms with E-state index in [0.717, 1.165) is 39.0 Å². The molecule has 1 saturated carbocycles. The molecule has 1 saturated heterocycles. The van der Waals surface area contributed by atoms with Gasteiger partial charge in [0.15, 0.2) is 11.5 Å². The standard InChI is InChI=1S/C18H27FN2O2.2ClH/c1-23-16-12-14(19)11-15(18(16)22)17(13-5-3-2-4-6-13)21-9-7-20-8-10-21;;/h11-13,17,20,22H,2-10H2,1H3;2*1H/t17-;;/m0../s1. The van der Waals surface area contributed by atoms with Gasteiger partial charge in [0.2, 0.25) is 0 Å². The molecule has 1 aliphatic carbocycles. The van der Waals surface area contributed by atoms with Crippen molar-refractivity contribution in [3.05, 3.63) is 23.5 Å². The van der Waals surface area contributed by atoms with Crippen LogP contribution in [0.25, 0.3) is 0 Å². The van der Waals surface area contributed by atoms with E-state index in [-0.39, 0.29) is 48.2 Å². The molecular weight excluding hydrogens is 366 g/mol. The molecule has 2 aliphatic rings. The zero-order valence-electron chi connectivity index (χ0n) is 14.7. The van der Waals surface area contributed by atoms with Gasteiger partial charge in [0.05, 0.1) is 7.11 Å². The fourth-order valence-electron chi connectivity index (χ4n) is 4.13. The second kappa shape index (κ2) is 10.4. The number of phenolic OH excluding ortho intramolecular Hbond substituents is 1. The normalized spacial score (nSPS) is 20.2. The molecule has 144 valence electrons. The van der Waals surface area contributed by atoms with Crippen LogP contribution < -0.4 is 10.1 Å². The number of hydrogen-bond acceptors (Lipinski definition) is 4. The predicted molar refractivity (Wildman–Crippen MR) is 103 cm³/mol. The number of benzene rings is 1. The number of nitrogens with one attached hydrogen (secondary N) is 1. The van der Waals surface area contributed by atoms with Gasteiger partial charge in [-0.25, -0.2) is 4.39 Å². The topological polar surface area (TPSA) is 44.7 Å². The SMILES string of the molecule is COc1cc(F)cc([C@H](C2CCCCC2)N2CCNCC2)c1O.Cl.Cl. The molecule has 0 aromatic heterocycles. The highest BCUT2D eigenvalue weighted by molar-refractivity contribution is 5.85. The van der Waals surface area contributed by atoms with Gasteiger partial charge in [0.1, 0.15) is 5.82 Å². The van der Waals surface area contributed by atoms with Crippen LogP contribution in [0.15, 0.2) is 12.1 Å². The minimum Gasteiger partial charge on any atom is -0.504 e. The highest BCUT2D eigenvalue weighted by Crippen LogP contribution is 2.44. The number of rotatable bonds is 4. The maximum absolute atomic E-state index is 14.1. The lowest BCUT2D eigenvalue weighted by molar-refractivity contribution is 0.101. The molecular formula is C18H29Cl2FN2O2. The summed E-state index contributed by atoms with van der Waals surface area (Å²) in [4.78, 5) is 2.40. The van der Waals surface area contributed by atoms with Gasteiger partial charge in [-0.05, 0) is 24.8 Å². The van der Waals surface area contributed by atoms with Crippen LogP contribution in [0.3, 0.4) is 0 Å². The van der Waals surface area contributed by atoms with Crippen molar-refractivity contribution in [2.45, 2.75) is 38.1 Å². The lowest BCUT2D eigenvalue weighted by atomic mass is 9.79. The van der Waals surface area contributed by atoms with Crippen LogP contribution in [-0.2, 0) is 0 Å². The first-order chi connectivity index (χ1) is 11.2. The highest BCUT2D eigenvalue weighted by atomic mass is 35.5. The van der Waals surface area contributed by atoms with Crippen LogP contribution in [0, 0.1) is 11.7 Å². The minimum atomic E-state index is -0.342. The van der Waals surface area contributed by atoms with E-state index < -0.39 is 0 Å². The molecule has 1 aliphatic heterocycles. The van der Waals surface area contributed by atoms with E-state index in [1.807, 2.05) is 0 Å². The Morgan fingerprint density at radius 2 is 1.80 bits per heavy atom. The molecule has 2 fully saturated rings. The Morgan fingerprint density at radius 3 is 2.40 bits per heavy atom. The third-order valence-electron chi connectivity index (χ3n) is 5.25. The molecule has 3 rings (SSSR count). The Hall–Kier alpha value is -0.750. The summed E-state index contributed by atoms with van der Waals surface area (Å²) in [6.45, 7) is 3.74. The Kier molecular flexibility index (Phi) is 9.28. The summed E-state index contributed by atoms with van der Waals surface area (Å²) in [6.07, 6.45) is 6.02. The third kappa shape index (κ3) is 5.13. The fraction of sp³-hybridized carbons (Fsp3) is 0.667. The smallest absolute Gasteiger partial charge is 0.163 e. The fourth-order valence-corrected chi connectivity index (χ4v) is 4.13. The summed E-state index contributed by atoms with van der Waals surface area (Å²) in [7, 11) is 1.47. The Bertz CT molecular complexity index is 518. The van der Waals surface area contributed by atoms with Gasteiger partial charge in [0.25, 0.3) is 0 Å². The summed E-state index contributed by atoms with van der Waals surface area (Å²) in [6, 6.07) is 2.83. The number of nitrogens with zero attached hydrogens (tertiary/aromatic N) is 1. The molecule has 0 radical (unpaired) electrons. The number of phenols is 1. The van der Waals surface area contributed by atoms with Crippen molar-refractivity contribution in [1.29, 1.82) is 0 Å². The largest absolute Gasteiger partial charge is 0.504 e. The summed E-state index contributed by atoms with van der Waals surface area (Å²) >= 11 is 0. The summed E-state index contributed by atoms with van der Waals surface area (Å²) < 4.78 is 19.2. The van der Waals surface area contributed by atoms with E-state index in [1.54, 1.807) is 0 Å². The van der Waals surface area contributed by atoms with Crippen LogP contribution in [0.5, 0.6) is 11.5 Å². The summed E-state index contributed by atoms with van der Waals surface area (Å²) in [5.74, 6) is 0.462. The number of ether oxygens (including phenoxy) is 1. The molecule has 7 heteroatoms. The van der Waals surface area contributed by atoms with Crippen LogP contribution in [-0.4, -0.2) is 43.3 Å². The van der Waals surface area contributed by atoms with E-state index >= 15 is 0 Å². The maximum Gasteiger partial charge on any atom is 0.163 e. The number of methoxy groups -OCH3 is 1. The van der Waals surface area contributed by atoms with Gasteiger partial charge < -0.3 is 15.2 Å². The lowest BCUT2D eigenvalue weighted by Gasteiger charge is -2.41. The second-order valence-electron chi connectivity index (χ2n) is 6.67. The average Bonchev–Trinajstić information content (AvgIpc) is 2.60. The molecule has 1 atom stereocenters. The molecule has 1 aromatic rings. The van der Waals surface area contributed by atoms with Crippen LogP contribution in [0.2, 0.25) is 0 Å². The summed E-state index contributed by atoms with van der Waals surface area (Å²) in [5.41, 5.74) is 0.690. The van der Waals surface area contributed by atoms with E-state index in [9.17, 15) is 9.50 Å². The van der Waals surface area contributed by atoms with Crippen LogP contribution >= 0.6 is 24.8 Å². The van der Waals surface area contributed by atoms with Crippen molar-refractivity contribution < 1.29 is 14.2 Å². The zero-order chi connectivity index (χ0) is 16.2. The van der Waals surface area contributed by atoms with Gasteiger partial charge in [-0.15, -0.1) is 24.8 Å². The first-order valence-electron chi connectivity index (χ1n) is 8.72. The van der Waals surface area contributed by atoms with Crippen molar-refractivity contribution in [3.63, 3.8) is 0 Å². The first kappa shape index (κ1) is 22.3. The van der Waals surface area contributed by atoms with Gasteiger partial charge in [0, 0.05) is 43.9 Å². The zero-order valence-corrected chi connectivity index (χ0v) is 16.3. The summed E-state index contributed by atoms with van der Waals surface area (Å²) in [5, 5.41) is 14.0. The minimum absolute atomic E-state index is 0. The van der Waals surface area contributed by atoms with E-state index in [4.69, 9.17) is 4.74 Å². The van der Waals surface area contributed by atoms with Gasteiger partial charge in [-0.2, -0.15) is 0 Å². The first-order valence-corrected chi connectivity index (χ1v) is 8.72.